The zero-order valence-corrected chi connectivity index (χ0v) is 17.8. The molecule has 0 spiro atoms. The highest BCUT2D eigenvalue weighted by molar-refractivity contribution is 5.86. The number of piperidine rings is 1. The zero-order chi connectivity index (χ0) is 22.4. The molecule has 0 aliphatic carbocycles. The SMILES string of the molecule is COC(=O)C1(CN2C=CN(C(=O)OCc3ccccc3)CC2=O)CCN(C(C)=O)CC1. The van der Waals surface area contributed by atoms with E-state index >= 15 is 0 Å². The topological polar surface area (TPSA) is 96.5 Å². The number of amides is 3. The maximum Gasteiger partial charge on any atom is 0.414 e. The summed E-state index contributed by atoms with van der Waals surface area (Å²) < 4.78 is 10.3. The summed E-state index contributed by atoms with van der Waals surface area (Å²) in [7, 11) is 1.32. The largest absolute Gasteiger partial charge is 0.469 e. The molecule has 31 heavy (non-hydrogen) atoms. The van der Waals surface area contributed by atoms with Gasteiger partial charge >= 0.3 is 12.1 Å². The average Bonchev–Trinajstić information content (AvgIpc) is 2.79. The Morgan fingerprint density at radius 3 is 2.32 bits per heavy atom. The normalized spacial score (nSPS) is 18.0. The molecule has 3 rings (SSSR count). The molecule has 0 N–H and O–H groups in total. The fraction of sp³-hybridized carbons (Fsp3) is 0.455. The van der Waals surface area contributed by atoms with Gasteiger partial charge in [-0.25, -0.2) is 4.79 Å². The zero-order valence-electron chi connectivity index (χ0n) is 17.8. The van der Waals surface area contributed by atoms with Gasteiger partial charge in [-0.3, -0.25) is 19.3 Å². The lowest BCUT2D eigenvalue weighted by molar-refractivity contribution is -0.159. The average molecular weight is 429 g/mol. The minimum absolute atomic E-state index is 0.0444. The predicted octanol–water partition coefficient (Wildman–Crippen LogP) is 1.74. The molecule has 2 aliphatic heterocycles. The molecule has 0 bridgehead atoms. The van der Waals surface area contributed by atoms with Gasteiger partial charge in [-0.2, -0.15) is 0 Å². The van der Waals surface area contributed by atoms with Gasteiger partial charge < -0.3 is 19.3 Å². The molecule has 1 aromatic rings. The molecule has 1 fully saturated rings. The molecular weight excluding hydrogens is 402 g/mol. The highest BCUT2D eigenvalue weighted by Crippen LogP contribution is 2.34. The van der Waals surface area contributed by atoms with E-state index in [0.717, 1.165) is 5.56 Å². The van der Waals surface area contributed by atoms with E-state index in [1.54, 1.807) is 4.90 Å². The van der Waals surface area contributed by atoms with Crippen LogP contribution < -0.4 is 0 Å². The number of carbonyl (C=O) groups is 4. The number of carbonyl (C=O) groups excluding carboxylic acids is 4. The van der Waals surface area contributed by atoms with Crippen molar-refractivity contribution in [3.63, 3.8) is 0 Å². The first-order valence-corrected chi connectivity index (χ1v) is 10.1. The number of ether oxygens (including phenoxy) is 2. The number of benzene rings is 1. The first-order chi connectivity index (χ1) is 14.8. The lowest BCUT2D eigenvalue weighted by Gasteiger charge is -2.42. The Morgan fingerprint density at radius 2 is 1.74 bits per heavy atom. The molecule has 2 heterocycles. The maximum absolute atomic E-state index is 12.7. The van der Waals surface area contributed by atoms with Crippen molar-refractivity contribution < 1.29 is 28.7 Å². The standard InChI is InChI=1S/C22H27N3O6/c1-17(26)23-10-8-22(9-11-23,20(28)30-2)16-25-13-12-24(14-19(25)27)21(29)31-15-18-6-4-3-5-7-18/h3-7,12-13H,8-11,14-16H2,1-2H3. The van der Waals surface area contributed by atoms with Crippen molar-refractivity contribution in [3.8, 4) is 0 Å². The van der Waals surface area contributed by atoms with Crippen LogP contribution in [0.5, 0.6) is 0 Å². The van der Waals surface area contributed by atoms with Crippen LogP contribution in [0.25, 0.3) is 0 Å². The summed E-state index contributed by atoms with van der Waals surface area (Å²) in [5.41, 5.74) is -0.0434. The van der Waals surface area contributed by atoms with Gasteiger partial charge in [0.2, 0.25) is 11.8 Å². The van der Waals surface area contributed by atoms with E-state index in [2.05, 4.69) is 0 Å². The van der Waals surface area contributed by atoms with Gasteiger partial charge in [0.25, 0.3) is 0 Å². The summed E-state index contributed by atoms with van der Waals surface area (Å²) in [6.45, 7) is 2.41. The third-order valence-electron chi connectivity index (χ3n) is 5.75. The molecule has 2 aliphatic rings. The molecule has 166 valence electrons. The molecule has 0 unspecified atom stereocenters. The van der Waals surface area contributed by atoms with E-state index in [-0.39, 0.29) is 31.5 Å². The van der Waals surface area contributed by atoms with E-state index < -0.39 is 17.5 Å². The van der Waals surface area contributed by atoms with Crippen molar-refractivity contribution in [1.82, 2.24) is 14.7 Å². The Hall–Kier alpha value is -3.36. The minimum atomic E-state index is -0.892. The van der Waals surface area contributed by atoms with Gasteiger partial charge in [-0.15, -0.1) is 0 Å². The van der Waals surface area contributed by atoms with Gasteiger partial charge in [-0.05, 0) is 18.4 Å². The Morgan fingerprint density at radius 1 is 1.06 bits per heavy atom. The minimum Gasteiger partial charge on any atom is -0.469 e. The molecule has 0 saturated carbocycles. The molecule has 9 heteroatoms. The Kier molecular flexibility index (Phi) is 6.94. The van der Waals surface area contributed by atoms with Gasteiger partial charge in [-0.1, -0.05) is 30.3 Å². The number of esters is 1. The monoisotopic (exact) mass is 429 g/mol. The second-order valence-electron chi connectivity index (χ2n) is 7.77. The van der Waals surface area contributed by atoms with Crippen LogP contribution in [-0.4, -0.2) is 71.9 Å². The summed E-state index contributed by atoms with van der Waals surface area (Å²) in [4.78, 5) is 53.5. The van der Waals surface area contributed by atoms with Crippen LogP contribution in [0.3, 0.4) is 0 Å². The van der Waals surface area contributed by atoms with Gasteiger partial charge in [0.1, 0.15) is 13.2 Å². The molecule has 1 aromatic carbocycles. The highest BCUT2D eigenvalue weighted by atomic mass is 16.6. The van der Waals surface area contributed by atoms with Crippen LogP contribution >= 0.6 is 0 Å². The molecule has 0 radical (unpaired) electrons. The summed E-state index contributed by atoms with van der Waals surface area (Å²) in [6, 6.07) is 9.26. The second-order valence-corrected chi connectivity index (χ2v) is 7.77. The van der Waals surface area contributed by atoms with Crippen molar-refractivity contribution in [2.45, 2.75) is 26.4 Å². The molecule has 1 saturated heterocycles. The van der Waals surface area contributed by atoms with Crippen LogP contribution in [0.4, 0.5) is 4.79 Å². The summed E-state index contributed by atoms with van der Waals surface area (Å²) in [5, 5.41) is 0. The molecule has 0 atom stereocenters. The van der Waals surface area contributed by atoms with Crippen LogP contribution in [0.2, 0.25) is 0 Å². The van der Waals surface area contributed by atoms with Gasteiger partial charge in [0.05, 0.1) is 12.5 Å². The summed E-state index contributed by atoms with van der Waals surface area (Å²) in [5.74, 6) is -0.768. The third-order valence-corrected chi connectivity index (χ3v) is 5.75. The first kappa shape index (κ1) is 22.3. The number of hydrogen-bond acceptors (Lipinski definition) is 6. The van der Waals surface area contributed by atoms with Crippen LogP contribution in [0.1, 0.15) is 25.3 Å². The van der Waals surface area contributed by atoms with Crippen molar-refractivity contribution in [3.05, 3.63) is 48.3 Å². The van der Waals surface area contributed by atoms with Crippen LogP contribution in [0.15, 0.2) is 42.7 Å². The Bertz CT molecular complexity index is 861. The van der Waals surface area contributed by atoms with E-state index in [4.69, 9.17) is 9.47 Å². The Labute approximate surface area is 181 Å². The molecular formula is C22H27N3O6. The van der Waals surface area contributed by atoms with Crippen molar-refractivity contribution in [2.75, 3.05) is 33.3 Å². The summed E-state index contributed by atoms with van der Waals surface area (Å²) >= 11 is 0. The Balaban J connectivity index is 1.62. The maximum atomic E-state index is 12.7. The van der Waals surface area contributed by atoms with E-state index in [1.165, 1.54) is 36.2 Å². The van der Waals surface area contributed by atoms with E-state index in [0.29, 0.717) is 25.9 Å². The fourth-order valence-corrected chi connectivity index (χ4v) is 3.82. The first-order valence-electron chi connectivity index (χ1n) is 10.1. The molecule has 3 amide bonds. The quantitative estimate of drug-likeness (QED) is 0.662. The van der Waals surface area contributed by atoms with E-state index in [1.807, 2.05) is 30.3 Å². The number of methoxy groups -OCH3 is 1. The van der Waals surface area contributed by atoms with E-state index in [9.17, 15) is 19.2 Å². The second kappa shape index (κ2) is 9.63. The van der Waals surface area contributed by atoms with Crippen LogP contribution in [0, 0.1) is 5.41 Å². The number of likely N-dealkylation sites (tertiary alicyclic amines) is 1. The number of hydrogen-bond donors (Lipinski definition) is 0. The predicted molar refractivity (Wildman–Crippen MR) is 110 cm³/mol. The van der Waals surface area contributed by atoms with Crippen molar-refractivity contribution >= 4 is 23.9 Å². The molecule has 0 aromatic heterocycles. The van der Waals surface area contributed by atoms with Crippen molar-refractivity contribution in [2.24, 2.45) is 5.41 Å². The summed E-state index contributed by atoms with van der Waals surface area (Å²) in [6.07, 6.45) is 3.15. The lowest BCUT2D eigenvalue weighted by atomic mass is 9.77. The van der Waals surface area contributed by atoms with Crippen molar-refractivity contribution in [1.29, 1.82) is 0 Å². The van der Waals surface area contributed by atoms with Gasteiger partial charge in [0, 0.05) is 39.0 Å². The molecule has 9 nitrogen and oxygen atoms in total. The third kappa shape index (κ3) is 5.22. The number of rotatable bonds is 5. The highest BCUT2D eigenvalue weighted by Gasteiger charge is 2.45. The lowest BCUT2D eigenvalue weighted by Crippen LogP contribution is -2.53. The van der Waals surface area contributed by atoms with Crippen LogP contribution in [-0.2, 0) is 30.5 Å². The van der Waals surface area contributed by atoms with Gasteiger partial charge in [0.15, 0.2) is 0 Å². The fourth-order valence-electron chi connectivity index (χ4n) is 3.82. The smallest absolute Gasteiger partial charge is 0.414 e. The number of nitrogens with zero attached hydrogens (tertiary/aromatic N) is 3.